The van der Waals surface area contributed by atoms with Gasteiger partial charge in [0.2, 0.25) is 0 Å². The van der Waals surface area contributed by atoms with E-state index >= 15 is 0 Å². The molecule has 1 aromatic carbocycles. The van der Waals surface area contributed by atoms with Crippen molar-refractivity contribution in [3.63, 3.8) is 0 Å². The fourth-order valence-corrected chi connectivity index (χ4v) is 1.17. The summed E-state index contributed by atoms with van der Waals surface area (Å²) >= 11 is 5.71. The molecular formula is C11H11ClO. The van der Waals surface area contributed by atoms with Crippen molar-refractivity contribution < 1.29 is 5.11 Å². The summed E-state index contributed by atoms with van der Waals surface area (Å²) in [6, 6.07) is 7.04. The highest BCUT2D eigenvalue weighted by atomic mass is 35.5. The molecule has 0 aliphatic heterocycles. The van der Waals surface area contributed by atoms with Gasteiger partial charge in [0, 0.05) is 10.9 Å². The SMILES string of the molecule is C#CC(C)C(O)c1ccc(Cl)cc1. The minimum Gasteiger partial charge on any atom is -0.387 e. The predicted octanol–water partition coefficient (Wildman–Crippen LogP) is 2.64. The van der Waals surface area contributed by atoms with Crippen LogP contribution in [0.1, 0.15) is 18.6 Å². The third-order valence-electron chi connectivity index (χ3n) is 1.95. The van der Waals surface area contributed by atoms with Crippen molar-refractivity contribution in [2.75, 3.05) is 0 Å². The van der Waals surface area contributed by atoms with E-state index in [1.807, 2.05) is 0 Å². The molecule has 0 aromatic heterocycles. The number of aliphatic hydroxyl groups excluding tert-OH is 1. The highest BCUT2D eigenvalue weighted by Crippen LogP contribution is 2.22. The molecule has 0 radical (unpaired) electrons. The number of aliphatic hydroxyl groups is 1. The Bertz CT molecular complexity index is 310. The van der Waals surface area contributed by atoms with Crippen LogP contribution in [0.4, 0.5) is 0 Å². The summed E-state index contributed by atoms with van der Waals surface area (Å²) in [4.78, 5) is 0. The first kappa shape index (κ1) is 10.1. The van der Waals surface area contributed by atoms with Crippen LogP contribution in [0, 0.1) is 18.3 Å². The zero-order valence-electron chi connectivity index (χ0n) is 7.37. The lowest BCUT2D eigenvalue weighted by molar-refractivity contribution is 0.144. The Morgan fingerprint density at radius 1 is 1.38 bits per heavy atom. The second-order valence-electron chi connectivity index (χ2n) is 2.95. The zero-order chi connectivity index (χ0) is 9.84. The molecule has 0 aliphatic rings. The molecule has 1 rings (SSSR count). The van der Waals surface area contributed by atoms with E-state index in [0.717, 1.165) is 5.56 Å². The summed E-state index contributed by atoms with van der Waals surface area (Å²) < 4.78 is 0. The molecule has 0 fully saturated rings. The average molecular weight is 195 g/mol. The van der Waals surface area contributed by atoms with Gasteiger partial charge in [0.1, 0.15) is 0 Å². The number of hydrogen-bond acceptors (Lipinski definition) is 1. The van der Waals surface area contributed by atoms with Gasteiger partial charge in [0.05, 0.1) is 6.10 Å². The third-order valence-corrected chi connectivity index (χ3v) is 2.20. The molecule has 1 N–H and O–H groups in total. The summed E-state index contributed by atoms with van der Waals surface area (Å²) in [7, 11) is 0. The van der Waals surface area contributed by atoms with Crippen LogP contribution < -0.4 is 0 Å². The van der Waals surface area contributed by atoms with Gasteiger partial charge in [-0.05, 0) is 24.6 Å². The van der Waals surface area contributed by atoms with Crippen molar-refractivity contribution in [1.82, 2.24) is 0 Å². The topological polar surface area (TPSA) is 20.2 Å². The van der Waals surface area contributed by atoms with Gasteiger partial charge in [-0.1, -0.05) is 23.7 Å². The van der Waals surface area contributed by atoms with Gasteiger partial charge in [-0.2, -0.15) is 0 Å². The molecule has 2 heteroatoms. The normalized spacial score (nSPS) is 14.6. The molecule has 1 nitrogen and oxygen atoms in total. The van der Waals surface area contributed by atoms with E-state index in [4.69, 9.17) is 18.0 Å². The third kappa shape index (κ3) is 2.48. The van der Waals surface area contributed by atoms with E-state index in [0.29, 0.717) is 5.02 Å². The second-order valence-corrected chi connectivity index (χ2v) is 3.39. The van der Waals surface area contributed by atoms with E-state index in [1.165, 1.54) is 0 Å². The highest BCUT2D eigenvalue weighted by molar-refractivity contribution is 6.30. The Labute approximate surface area is 83.4 Å². The van der Waals surface area contributed by atoms with Crippen molar-refractivity contribution >= 4 is 11.6 Å². The van der Waals surface area contributed by atoms with Crippen LogP contribution in [0.2, 0.25) is 5.02 Å². The van der Waals surface area contributed by atoms with Gasteiger partial charge >= 0.3 is 0 Å². The Kier molecular flexibility index (Phi) is 3.36. The Hall–Kier alpha value is -0.970. The molecule has 0 heterocycles. The quantitative estimate of drug-likeness (QED) is 0.718. The highest BCUT2D eigenvalue weighted by Gasteiger charge is 2.13. The van der Waals surface area contributed by atoms with E-state index in [1.54, 1.807) is 31.2 Å². The number of hydrogen-bond donors (Lipinski definition) is 1. The largest absolute Gasteiger partial charge is 0.387 e. The summed E-state index contributed by atoms with van der Waals surface area (Å²) in [6.45, 7) is 1.80. The molecule has 0 bridgehead atoms. The first-order chi connectivity index (χ1) is 6.15. The predicted molar refractivity (Wildman–Crippen MR) is 54.4 cm³/mol. The molecule has 0 saturated heterocycles. The minimum atomic E-state index is -0.609. The summed E-state index contributed by atoms with van der Waals surface area (Å²) in [6.07, 6.45) is 4.60. The van der Waals surface area contributed by atoms with Gasteiger partial charge in [0.25, 0.3) is 0 Å². The van der Waals surface area contributed by atoms with E-state index in [9.17, 15) is 5.11 Å². The van der Waals surface area contributed by atoms with Gasteiger partial charge in [-0.25, -0.2) is 0 Å². The maximum atomic E-state index is 9.69. The standard InChI is InChI=1S/C11H11ClO/c1-3-8(2)11(13)9-4-6-10(12)7-5-9/h1,4-8,11,13H,2H3. The monoisotopic (exact) mass is 194 g/mol. The fraction of sp³-hybridized carbons (Fsp3) is 0.273. The molecule has 2 unspecified atom stereocenters. The van der Waals surface area contributed by atoms with Crippen LogP contribution in [-0.4, -0.2) is 5.11 Å². The molecule has 0 aliphatic carbocycles. The molecule has 1 aromatic rings. The summed E-state index contributed by atoms with van der Waals surface area (Å²) in [5.41, 5.74) is 0.801. The number of terminal acetylenes is 1. The summed E-state index contributed by atoms with van der Waals surface area (Å²) in [5.74, 6) is 2.32. The maximum absolute atomic E-state index is 9.69. The first-order valence-corrected chi connectivity index (χ1v) is 4.42. The first-order valence-electron chi connectivity index (χ1n) is 4.05. The Morgan fingerprint density at radius 3 is 2.38 bits per heavy atom. The van der Waals surface area contributed by atoms with Crippen molar-refractivity contribution in [2.45, 2.75) is 13.0 Å². The Morgan fingerprint density at radius 2 is 1.92 bits per heavy atom. The van der Waals surface area contributed by atoms with Crippen molar-refractivity contribution in [3.05, 3.63) is 34.9 Å². The number of benzene rings is 1. The number of rotatable bonds is 2. The molecule has 0 spiro atoms. The molecule has 68 valence electrons. The average Bonchev–Trinajstić information content (AvgIpc) is 2.17. The molecule has 13 heavy (non-hydrogen) atoms. The van der Waals surface area contributed by atoms with E-state index in [-0.39, 0.29) is 5.92 Å². The van der Waals surface area contributed by atoms with E-state index < -0.39 is 6.10 Å². The number of halogens is 1. The van der Waals surface area contributed by atoms with Crippen LogP contribution in [-0.2, 0) is 0 Å². The molecular weight excluding hydrogens is 184 g/mol. The van der Waals surface area contributed by atoms with Crippen LogP contribution >= 0.6 is 11.6 Å². The Balaban J connectivity index is 2.84. The zero-order valence-corrected chi connectivity index (χ0v) is 8.12. The van der Waals surface area contributed by atoms with Gasteiger partial charge in [-0.15, -0.1) is 12.3 Å². The minimum absolute atomic E-state index is 0.179. The van der Waals surface area contributed by atoms with E-state index in [2.05, 4.69) is 5.92 Å². The van der Waals surface area contributed by atoms with Crippen LogP contribution in [0.25, 0.3) is 0 Å². The molecule has 0 saturated carbocycles. The van der Waals surface area contributed by atoms with Crippen molar-refractivity contribution in [2.24, 2.45) is 5.92 Å². The van der Waals surface area contributed by atoms with Gasteiger partial charge in [-0.3, -0.25) is 0 Å². The maximum Gasteiger partial charge on any atom is 0.0924 e. The van der Waals surface area contributed by atoms with Crippen LogP contribution in [0.15, 0.2) is 24.3 Å². The second kappa shape index (κ2) is 4.32. The van der Waals surface area contributed by atoms with Crippen molar-refractivity contribution in [3.8, 4) is 12.3 Å². The van der Waals surface area contributed by atoms with Crippen molar-refractivity contribution in [1.29, 1.82) is 0 Å². The lowest BCUT2D eigenvalue weighted by Gasteiger charge is -2.13. The molecule has 0 amide bonds. The van der Waals surface area contributed by atoms with Crippen LogP contribution in [0.3, 0.4) is 0 Å². The van der Waals surface area contributed by atoms with Gasteiger partial charge < -0.3 is 5.11 Å². The molecule has 2 atom stereocenters. The summed E-state index contributed by atoms with van der Waals surface area (Å²) in [5, 5.41) is 10.4. The smallest absolute Gasteiger partial charge is 0.0924 e. The van der Waals surface area contributed by atoms with Crippen LogP contribution in [0.5, 0.6) is 0 Å². The lowest BCUT2D eigenvalue weighted by Crippen LogP contribution is -2.06. The lowest BCUT2D eigenvalue weighted by atomic mass is 9.98. The fourth-order valence-electron chi connectivity index (χ4n) is 1.04. The van der Waals surface area contributed by atoms with Gasteiger partial charge in [0.15, 0.2) is 0 Å².